The Labute approximate surface area is 139 Å². The van der Waals surface area contributed by atoms with Crippen LogP contribution < -0.4 is 10.6 Å². The molecule has 1 fully saturated rings. The van der Waals surface area contributed by atoms with E-state index in [0.717, 1.165) is 11.1 Å². The second-order valence-corrected chi connectivity index (χ2v) is 5.55. The average molecular weight is 323 g/mol. The molecule has 6 heteroatoms. The van der Waals surface area contributed by atoms with E-state index in [2.05, 4.69) is 10.6 Å². The number of anilines is 1. The fourth-order valence-corrected chi connectivity index (χ4v) is 2.48. The summed E-state index contributed by atoms with van der Waals surface area (Å²) in [5.74, 6) is -0.330. The summed E-state index contributed by atoms with van der Waals surface area (Å²) >= 11 is 0. The molecule has 1 saturated heterocycles. The van der Waals surface area contributed by atoms with Gasteiger partial charge in [-0.3, -0.25) is 14.5 Å². The van der Waals surface area contributed by atoms with Gasteiger partial charge in [0, 0.05) is 5.69 Å². The molecule has 122 valence electrons. The summed E-state index contributed by atoms with van der Waals surface area (Å²) in [6, 6.07) is 16.2. The minimum absolute atomic E-state index is 0.0481. The first-order valence-corrected chi connectivity index (χ1v) is 7.63. The van der Waals surface area contributed by atoms with Crippen molar-refractivity contribution < 1.29 is 14.4 Å². The Bertz CT molecular complexity index is 741. The number of carbonyl (C=O) groups excluding carboxylic acids is 3. The smallest absolute Gasteiger partial charge is 0.324 e. The molecule has 4 amide bonds. The van der Waals surface area contributed by atoms with Crippen LogP contribution in [0.3, 0.4) is 0 Å². The molecule has 0 aromatic heterocycles. The molecule has 6 nitrogen and oxygen atoms in total. The molecular formula is C18H17N3O3. The largest absolute Gasteiger partial charge is 0.329 e. The highest BCUT2D eigenvalue weighted by Gasteiger charge is 2.28. The molecule has 1 heterocycles. The van der Waals surface area contributed by atoms with Crippen LogP contribution in [0, 0.1) is 0 Å². The van der Waals surface area contributed by atoms with Crippen molar-refractivity contribution in [3.8, 4) is 0 Å². The van der Waals surface area contributed by atoms with Gasteiger partial charge in [0.25, 0.3) is 0 Å². The molecule has 1 aliphatic heterocycles. The second-order valence-electron chi connectivity index (χ2n) is 5.55. The maximum atomic E-state index is 12.0. The third kappa shape index (κ3) is 3.78. The number of hydrogen-bond donors (Lipinski definition) is 2. The summed E-state index contributed by atoms with van der Waals surface area (Å²) in [6.45, 7) is 0.273. The van der Waals surface area contributed by atoms with Gasteiger partial charge in [-0.05, 0) is 23.3 Å². The van der Waals surface area contributed by atoms with Crippen LogP contribution in [-0.4, -0.2) is 29.3 Å². The molecule has 2 aromatic carbocycles. The van der Waals surface area contributed by atoms with Gasteiger partial charge >= 0.3 is 6.03 Å². The SMILES string of the molecule is O=C(Cc1ccccc1)Nc1ccc(CN2C(=O)CNC2=O)cc1. The molecule has 0 radical (unpaired) electrons. The monoisotopic (exact) mass is 323 g/mol. The van der Waals surface area contributed by atoms with E-state index >= 15 is 0 Å². The lowest BCUT2D eigenvalue weighted by Crippen LogP contribution is -2.30. The highest BCUT2D eigenvalue weighted by Crippen LogP contribution is 2.13. The van der Waals surface area contributed by atoms with Gasteiger partial charge in [-0.1, -0.05) is 42.5 Å². The summed E-state index contributed by atoms with van der Waals surface area (Å²) in [7, 11) is 0. The molecule has 0 aliphatic carbocycles. The number of nitrogens with zero attached hydrogens (tertiary/aromatic N) is 1. The number of benzene rings is 2. The predicted octanol–water partition coefficient (Wildman–Crippen LogP) is 1.92. The zero-order valence-corrected chi connectivity index (χ0v) is 13.0. The average Bonchev–Trinajstić information content (AvgIpc) is 2.89. The van der Waals surface area contributed by atoms with E-state index in [0.29, 0.717) is 12.1 Å². The van der Waals surface area contributed by atoms with Gasteiger partial charge < -0.3 is 10.6 Å². The van der Waals surface area contributed by atoms with Crippen LogP contribution in [0.15, 0.2) is 54.6 Å². The van der Waals surface area contributed by atoms with Crippen molar-refractivity contribution in [1.82, 2.24) is 10.2 Å². The van der Waals surface area contributed by atoms with E-state index in [-0.39, 0.29) is 30.9 Å². The molecule has 1 aliphatic rings. The molecule has 0 saturated carbocycles. The number of nitrogens with one attached hydrogen (secondary N) is 2. The highest BCUT2D eigenvalue weighted by molar-refractivity contribution is 6.01. The molecule has 0 spiro atoms. The zero-order valence-electron chi connectivity index (χ0n) is 13.0. The lowest BCUT2D eigenvalue weighted by atomic mass is 10.1. The van der Waals surface area contributed by atoms with Gasteiger partial charge in [-0.25, -0.2) is 4.79 Å². The Hall–Kier alpha value is -3.15. The topological polar surface area (TPSA) is 78.5 Å². The molecule has 24 heavy (non-hydrogen) atoms. The van der Waals surface area contributed by atoms with Gasteiger partial charge in [-0.2, -0.15) is 0 Å². The number of amides is 4. The quantitative estimate of drug-likeness (QED) is 0.825. The Kier molecular flexibility index (Phi) is 4.56. The molecule has 0 atom stereocenters. The highest BCUT2D eigenvalue weighted by atomic mass is 16.2. The van der Waals surface area contributed by atoms with Gasteiger partial charge in [0.05, 0.1) is 19.5 Å². The minimum atomic E-state index is -0.375. The lowest BCUT2D eigenvalue weighted by molar-refractivity contribution is -0.125. The molecule has 3 rings (SSSR count). The summed E-state index contributed by atoms with van der Waals surface area (Å²) in [4.78, 5) is 36.3. The first kappa shape index (κ1) is 15.7. The van der Waals surface area contributed by atoms with Crippen LogP contribution in [0.5, 0.6) is 0 Å². The van der Waals surface area contributed by atoms with Crippen molar-refractivity contribution >= 4 is 23.5 Å². The summed E-state index contributed by atoms with van der Waals surface area (Å²) < 4.78 is 0. The lowest BCUT2D eigenvalue weighted by Gasteiger charge is -2.13. The summed E-state index contributed by atoms with van der Waals surface area (Å²) in [6.07, 6.45) is 0.311. The first-order chi connectivity index (χ1) is 11.6. The van der Waals surface area contributed by atoms with Crippen molar-refractivity contribution in [2.45, 2.75) is 13.0 Å². The van der Waals surface area contributed by atoms with E-state index < -0.39 is 0 Å². The van der Waals surface area contributed by atoms with E-state index in [4.69, 9.17) is 0 Å². The fourth-order valence-electron chi connectivity index (χ4n) is 2.48. The van der Waals surface area contributed by atoms with E-state index in [1.165, 1.54) is 4.90 Å². The van der Waals surface area contributed by atoms with Crippen molar-refractivity contribution in [3.05, 3.63) is 65.7 Å². The third-order valence-corrected chi connectivity index (χ3v) is 3.72. The number of rotatable bonds is 5. The first-order valence-electron chi connectivity index (χ1n) is 7.63. The summed E-state index contributed by atoms with van der Waals surface area (Å²) in [5.41, 5.74) is 2.45. The molecular weight excluding hydrogens is 306 g/mol. The fraction of sp³-hybridized carbons (Fsp3) is 0.167. The Balaban J connectivity index is 1.57. The molecule has 0 unspecified atom stereocenters. The number of imide groups is 1. The number of urea groups is 1. The molecule has 0 bridgehead atoms. The van der Waals surface area contributed by atoms with E-state index in [1.807, 2.05) is 30.3 Å². The standard InChI is InChI=1S/C18H17N3O3/c22-16(10-13-4-2-1-3-5-13)20-15-8-6-14(7-9-15)12-21-17(23)11-19-18(21)24/h1-9H,10-12H2,(H,19,24)(H,20,22). The van der Waals surface area contributed by atoms with Gasteiger partial charge in [0.1, 0.15) is 0 Å². The predicted molar refractivity (Wildman–Crippen MR) is 89.2 cm³/mol. The van der Waals surface area contributed by atoms with Crippen molar-refractivity contribution in [2.24, 2.45) is 0 Å². The Morgan fingerprint density at radius 3 is 2.33 bits per heavy atom. The zero-order chi connectivity index (χ0) is 16.9. The maximum Gasteiger partial charge on any atom is 0.324 e. The van der Waals surface area contributed by atoms with Crippen molar-refractivity contribution in [3.63, 3.8) is 0 Å². The van der Waals surface area contributed by atoms with E-state index in [1.54, 1.807) is 24.3 Å². The minimum Gasteiger partial charge on any atom is -0.329 e. The summed E-state index contributed by atoms with van der Waals surface area (Å²) in [5, 5.41) is 5.31. The van der Waals surface area contributed by atoms with Crippen LogP contribution in [0.4, 0.5) is 10.5 Å². The normalized spacial score (nSPS) is 13.8. The van der Waals surface area contributed by atoms with Gasteiger partial charge in [0.2, 0.25) is 11.8 Å². The van der Waals surface area contributed by atoms with Crippen LogP contribution in [-0.2, 0) is 22.6 Å². The maximum absolute atomic E-state index is 12.0. The van der Waals surface area contributed by atoms with Crippen molar-refractivity contribution in [1.29, 1.82) is 0 Å². The van der Waals surface area contributed by atoms with Crippen LogP contribution in [0.25, 0.3) is 0 Å². The Morgan fingerprint density at radius 1 is 1.00 bits per heavy atom. The van der Waals surface area contributed by atoms with Crippen LogP contribution >= 0.6 is 0 Å². The number of hydrogen-bond acceptors (Lipinski definition) is 3. The van der Waals surface area contributed by atoms with E-state index in [9.17, 15) is 14.4 Å². The van der Waals surface area contributed by atoms with Crippen LogP contribution in [0.1, 0.15) is 11.1 Å². The second kappa shape index (κ2) is 6.95. The molecule has 2 aromatic rings. The van der Waals surface area contributed by atoms with Gasteiger partial charge in [-0.15, -0.1) is 0 Å². The molecule has 2 N–H and O–H groups in total. The third-order valence-electron chi connectivity index (χ3n) is 3.72. The van der Waals surface area contributed by atoms with Crippen molar-refractivity contribution in [2.75, 3.05) is 11.9 Å². The van der Waals surface area contributed by atoms with Gasteiger partial charge in [0.15, 0.2) is 0 Å². The Morgan fingerprint density at radius 2 is 1.71 bits per heavy atom. The number of carbonyl (C=O) groups is 3. The van der Waals surface area contributed by atoms with Crippen LogP contribution in [0.2, 0.25) is 0 Å².